The van der Waals surface area contributed by atoms with Crippen molar-refractivity contribution in [3.63, 3.8) is 0 Å². The number of carbonyl (C=O) groups excluding carboxylic acids is 2. The maximum atomic E-state index is 12.2. The summed E-state index contributed by atoms with van der Waals surface area (Å²) in [5, 5.41) is 10.0. The van der Waals surface area contributed by atoms with Crippen LogP contribution in [0, 0.1) is 5.92 Å². The first-order valence-electron chi connectivity index (χ1n) is 6.93. The molecule has 0 aliphatic carbocycles. The quantitative estimate of drug-likeness (QED) is 0.682. The molecular formula is C16H18N2O4. The Kier molecular flexibility index (Phi) is 4.72. The van der Waals surface area contributed by atoms with Gasteiger partial charge in [-0.1, -0.05) is 26.0 Å². The Balaban J connectivity index is 2.43. The maximum Gasteiger partial charge on any atom is 0.303 e. The largest absolute Gasteiger partial charge is 0.508 e. The van der Waals surface area contributed by atoms with E-state index in [2.05, 4.69) is 4.99 Å². The van der Waals surface area contributed by atoms with Crippen molar-refractivity contribution in [1.29, 1.82) is 0 Å². The molecule has 2 rings (SSSR count). The van der Waals surface area contributed by atoms with E-state index in [1.165, 1.54) is 19.2 Å². The van der Waals surface area contributed by atoms with Crippen LogP contribution >= 0.6 is 0 Å². The second-order valence-corrected chi connectivity index (χ2v) is 5.36. The molecule has 1 heterocycles. The van der Waals surface area contributed by atoms with Gasteiger partial charge in [-0.3, -0.25) is 14.4 Å². The Morgan fingerprint density at radius 2 is 1.86 bits per heavy atom. The number of benzene rings is 1. The average Bonchev–Trinajstić information content (AvgIpc) is 2.46. The maximum absolute atomic E-state index is 12.2. The van der Waals surface area contributed by atoms with Crippen molar-refractivity contribution in [3.8, 4) is 5.75 Å². The standard InChI is InChI=1S/C16H18N2O4/c1-10(2)8-13-15(20)18(22-3)16(21)14(17-13)9-11-4-6-12(19)7-5-11/h4-7,9-10,19H,8H2,1-3H3/b14-9-. The molecule has 2 amide bonds. The molecule has 1 N–H and O–H groups in total. The van der Waals surface area contributed by atoms with E-state index in [1.807, 2.05) is 13.8 Å². The summed E-state index contributed by atoms with van der Waals surface area (Å²) in [5.41, 5.74) is 1.11. The van der Waals surface area contributed by atoms with E-state index in [1.54, 1.807) is 18.2 Å². The minimum Gasteiger partial charge on any atom is -0.508 e. The van der Waals surface area contributed by atoms with E-state index < -0.39 is 11.8 Å². The lowest BCUT2D eigenvalue weighted by atomic mass is 10.0. The summed E-state index contributed by atoms with van der Waals surface area (Å²) in [4.78, 5) is 33.4. The van der Waals surface area contributed by atoms with Gasteiger partial charge in [-0.25, -0.2) is 4.99 Å². The molecule has 22 heavy (non-hydrogen) atoms. The molecule has 0 atom stereocenters. The van der Waals surface area contributed by atoms with Crippen molar-refractivity contribution in [1.82, 2.24) is 5.06 Å². The van der Waals surface area contributed by atoms with Gasteiger partial charge in [0.1, 0.15) is 17.2 Å². The summed E-state index contributed by atoms with van der Waals surface area (Å²) < 4.78 is 0. The minimum atomic E-state index is -0.604. The lowest BCUT2D eigenvalue weighted by Gasteiger charge is -2.24. The number of rotatable bonds is 4. The molecular weight excluding hydrogens is 284 g/mol. The van der Waals surface area contributed by atoms with Gasteiger partial charge < -0.3 is 5.11 Å². The van der Waals surface area contributed by atoms with Crippen LogP contribution in [-0.2, 0) is 14.4 Å². The lowest BCUT2D eigenvalue weighted by Crippen LogP contribution is -2.44. The number of nitrogens with zero attached hydrogens (tertiary/aromatic N) is 2. The number of aliphatic imine (C=N–C) groups is 1. The van der Waals surface area contributed by atoms with Crippen LogP contribution < -0.4 is 0 Å². The molecule has 0 saturated heterocycles. The summed E-state index contributed by atoms with van der Waals surface area (Å²) in [6, 6.07) is 6.33. The monoisotopic (exact) mass is 302 g/mol. The number of hydroxylamine groups is 2. The van der Waals surface area contributed by atoms with E-state index in [0.717, 1.165) is 5.06 Å². The van der Waals surface area contributed by atoms with Gasteiger partial charge in [-0.2, -0.15) is 0 Å². The number of phenolic OH excluding ortho intramolecular Hbond substituents is 1. The highest BCUT2D eigenvalue weighted by molar-refractivity contribution is 6.44. The Hall–Kier alpha value is -2.47. The van der Waals surface area contributed by atoms with E-state index in [0.29, 0.717) is 17.7 Å². The zero-order chi connectivity index (χ0) is 16.3. The zero-order valence-electron chi connectivity index (χ0n) is 12.7. The number of hydrogen-bond donors (Lipinski definition) is 1. The van der Waals surface area contributed by atoms with E-state index in [9.17, 15) is 14.7 Å². The predicted octanol–water partition coefficient (Wildman–Crippen LogP) is 2.15. The third kappa shape index (κ3) is 3.40. The van der Waals surface area contributed by atoms with Crippen LogP contribution in [0.5, 0.6) is 5.75 Å². The Bertz CT molecular complexity index is 645. The van der Waals surface area contributed by atoms with Gasteiger partial charge in [-0.05, 0) is 36.1 Å². The lowest BCUT2D eigenvalue weighted by molar-refractivity contribution is -0.180. The molecule has 6 nitrogen and oxygen atoms in total. The topological polar surface area (TPSA) is 79.2 Å². The molecule has 0 fully saturated rings. The summed E-state index contributed by atoms with van der Waals surface area (Å²) in [7, 11) is 1.27. The number of hydrogen-bond acceptors (Lipinski definition) is 5. The minimum absolute atomic E-state index is 0.128. The first-order valence-corrected chi connectivity index (χ1v) is 6.93. The van der Waals surface area contributed by atoms with Crippen LogP contribution in [0.3, 0.4) is 0 Å². The normalized spacial score (nSPS) is 17.4. The Morgan fingerprint density at radius 3 is 2.41 bits per heavy atom. The van der Waals surface area contributed by atoms with Gasteiger partial charge in [0.05, 0.1) is 7.11 Å². The number of imide groups is 1. The van der Waals surface area contributed by atoms with Crippen LogP contribution in [0.25, 0.3) is 6.08 Å². The fraction of sp³-hybridized carbons (Fsp3) is 0.312. The third-order valence-electron chi connectivity index (χ3n) is 3.07. The van der Waals surface area contributed by atoms with Crippen LogP contribution in [0.15, 0.2) is 35.0 Å². The van der Waals surface area contributed by atoms with Gasteiger partial charge in [0.2, 0.25) is 0 Å². The number of phenols is 1. The summed E-state index contributed by atoms with van der Waals surface area (Å²) in [6.07, 6.45) is 2.01. The van der Waals surface area contributed by atoms with Crippen molar-refractivity contribution in [2.24, 2.45) is 10.9 Å². The van der Waals surface area contributed by atoms with Gasteiger partial charge in [0, 0.05) is 0 Å². The first-order chi connectivity index (χ1) is 10.4. The van der Waals surface area contributed by atoms with Gasteiger partial charge in [0.25, 0.3) is 5.91 Å². The van der Waals surface area contributed by atoms with Crippen LogP contribution in [0.1, 0.15) is 25.8 Å². The summed E-state index contributed by atoms with van der Waals surface area (Å²) in [5.74, 6) is -0.767. The van der Waals surface area contributed by atoms with E-state index in [-0.39, 0.29) is 17.4 Å². The van der Waals surface area contributed by atoms with E-state index in [4.69, 9.17) is 4.84 Å². The molecule has 0 bridgehead atoms. The average molecular weight is 302 g/mol. The SMILES string of the molecule is CON1C(=O)C(CC(C)C)=N/C(=C\c2ccc(O)cc2)C1=O. The van der Waals surface area contributed by atoms with Gasteiger partial charge in [0.15, 0.2) is 0 Å². The van der Waals surface area contributed by atoms with Crippen LogP contribution in [-0.4, -0.2) is 34.8 Å². The van der Waals surface area contributed by atoms with Crippen molar-refractivity contribution in [3.05, 3.63) is 35.5 Å². The Morgan fingerprint density at radius 1 is 1.23 bits per heavy atom. The molecule has 1 aromatic rings. The molecule has 6 heteroatoms. The summed E-state index contributed by atoms with van der Waals surface area (Å²) in [6.45, 7) is 3.93. The molecule has 1 aliphatic rings. The predicted molar refractivity (Wildman–Crippen MR) is 81.8 cm³/mol. The fourth-order valence-corrected chi connectivity index (χ4v) is 2.06. The second kappa shape index (κ2) is 6.53. The highest BCUT2D eigenvalue weighted by atomic mass is 16.7. The van der Waals surface area contributed by atoms with Crippen molar-refractivity contribution in [2.75, 3.05) is 7.11 Å². The Labute approximate surface area is 128 Å². The molecule has 1 aliphatic heterocycles. The molecule has 0 spiro atoms. The van der Waals surface area contributed by atoms with Crippen LogP contribution in [0.2, 0.25) is 0 Å². The molecule has 1 aromatic carbocycles. The molecule has 0 radical (unpaired) electrons. The zero-order valence-corrected chi connectivity index (χ0v) is 12.7. The molecule has 0 aromatic heterocycles. The first kappa shape index (κ1) is 15.9. The van der Waals surface area contributed by atoms with E-state index >= 15 is 0 Å². The number of amides is 2. The van der Waals surface area contributed by atoms with Crippen LogP contribution in [0.4, 0.5) is 0 Å². The number of carbonyl (C=O) groups is 2. The molecule has 0 saturated carbocycles. The number of aromatic hydroxyl groups is 1. The van der Waals surface area contributed by atoms with Gasteiger partial charge >= 0.3 is 5.91 Å². The molecule has 0 unspecified atom stereocenters. The highest BCUT2D eigenvalue weighted by Gasteiger charge is 2.34. The molecule has 116 valence electrons. The fourth-order valence-electron chi connectivity index (χ4n) is 2.06. The smallest absolute Gasteiger partial charge is 0.303 e. The van der Waals surface area contributed by atoms with Gasteiger partial charge in [-0.15, -0.1) is 5.06 Å². The third-order valence-corrected chi connectivity index (χ3v) is 3.07. The van der Waals surface area contributed by atoms with Crippen molar-refractivity contribution < 1.29 is 19.5 Å². The second-order valence-electron chi connectivity index (χ2n) is 5.36. The summed E-state index contributed by atoms with van der Waals surface area (Å²) >= 11 is 0. The highest BCUT2D eigenvalue weighted by Crippen LogP contribution is 2.20. The van der Waals surface area contributed by atoms with Crippen molar-refractivity contribution in [2.45, 2.75) is 20.3 Å². The van der Waals surface area contributed by atoms with Crippen molar-refractivity contribution >= 4 is 23.6 Å².